The molecule has 1 aliphatic heterocycles. The van der Waals surface area contributed by atoms with E-state index in [9.17, 15) is 0 Å². The van der Waals surface area contributed by atoms with Crippen molar-refractivity contribution in [2.75, 3.05) is 36.0 Å². The molecular weight excluding hydrogens is 507 g/mol. The van der Waals surface area contributed by atoms with Gasteiger partial charge in [0.2, 0.25) is 5.95 Å². The SMILES string of the molecule is C#Cc1cc(Cl)c(-c2c(C)nn3c(N(CCN)C4CCN(c5ncccn5)CC4)cc(C)nc23)c(Cl)c1. The topological polar surface area (TPSA) is 88.5 Å². The molecule has 0 unspecified atom stereocenters. The molecule has 37 heavy (non-hydrogen) atoms. The third-order valence-electron chi connectivity index (χ3n) is 6.74. The Morgan fingerprint density at radius 2 is 1.76 bits per heavy atom. The van der Waals surface area contributed by atoms with Gasteiger partial charge in [0.15, 0.2) is 5.65 Å². The van der Waals surface area contributed by atoms with E-state index in [1.54, 1.807) is 24.5 Å². The Balaban J connectivity index is 1.55. The van der Waals surface area contributed by atoms with Crippen molar-refractivity contribution in [3.63, 3.8) is 0 Å². The molecule has 0 saturated carbocycles. The number of rotatable bonds is 6. The summed E-state index contributed by atoms with van der Waals surface area (Å²) in [5.41, 5.74) is 10.5. The predicted octanol–water partition coefficient (Wildman–Crippen LogP) is 4.53. The van der Waals surface area contributed by atoms with Gasteiger partial charge in [0.25, 0.3) is 0 Å². The van der Waals surface area contributed by atoms with Gasteiger partial charge in [0, 0.05) is 67.5 Å². The van der Waals surface area contributed by atoms with Crippen molar-refractivity contribution >= 4 is 40.6 Å². The third kappa shape index (κ3) is 4.82. The first-order chi connectivity index (χ1) is 17.9. The van der Waals surface area contributed by atoms with Gasteiger partial charge in [-0.25, -0.2) is 15.0 Å². The Hall–Kier alpha value is -3.38. The summed E-state index contributed by atoms with van der Waals surface area (Å²) >= 11 is 13.3. The van der Waals surface area contributed by atoms with Gasteiger partial charge in [-0.3, -0.25) is 0 Å². The molecule has 1 saturated heterocycles. The summed E-state index contributed by atoms with van der Waals surface area (Å²) in [5, 5.41) is 5.84. The molecule has 1 aromatic carbocycles. The number of anilines is 2. The summed E-state index contributed by atoms with van der Waals surface area (Å²) in [6.45, 7) is 6.85. The fourth-order valence-corrected chi connectivity index (χ4v) is 5.75. The second-order valence-corrected chi connectivity index (χ2v) is 9.97. The van der Waals surface area contributed by atoms with Crippen molar-refractivity contribution in [1.82, 2.24) is 24.6 Å². The number of nitrogens with two attached hydrogens (primary N) is 1. The number of halogens is 2. The maximum absolute atomic E-state index is 6.67. The van der Waals surface area contributed by atoms with E-state index in [1.807, 2.05) is 24.4 Å². The summed E-state index contributed by atoms with van der Waals surface area (Å²) < 4.78 is 1.89. The lowest BCUT2D eigenvalue weighted by Gasteiger charge is -2.39. The molecule has 8 nitrogen and oxygen atoms in total. The highest BCUT2D eigenvalue weighted by molar-refractivity contribution is 6.39. The Labute approximate surface area is 226 Å². The smallest absolute Gasteiger partial charge is 0.225 e. The lowest BCUT2D eigenvalue weighted by atomic mass is 10.0. The van der Waals surface area contributed by atoms with E-state index in [0.29, 0.717) is 39.9 Å². The van der Waals surface area contributed by atoms with Crippen LogP contribution in [-0.2, 0) is 0 Å². The van der Waals surface area contributed by atoms with Crippen LogP contribution in [0.15, 0.2) is 36.7 Å². The van der Waals surface area contributed by atoms with Gasteiger partial charge in [0.1, 0.15) is 5.82 Å². The number of piperidine rings is 1. The number of benzene rings is 1. The second kappa shape index (κ2) is 10.5. The van der Waals surface area contributed by atoms with Crippen molar-refractivity contribution in [2.45, 2.75) is 32.7 Å². The zero-order valence-electron chi connectivity index (χ0n) is 20.8. The highest BCUT2D eigenvalue weighted by Crippen LogP contribution is 2.40. The Bertz CT molecular complexity index is 1450. The summed E-state index contributed by atoms with van der Waals surface area (Å²) in [5.74, 6) is 4.31. The minimum absolute atomic E-state index is 0.281. The first kappa shape index (κ1) is 25.3. The summed E-state index contributed by atoms with van der Waals surface area (Å²) in [6, 6.07) is 7.67. The van der Waals surface area contributed by atoms with E-state index in [0.717, 1.165) is 54.6 Å². The minimum atomic E-state index is 0.281. The van der Waals surface area contributed by atoms with Crippen molar-refractivity contribution in [1.29, 1.82) is 0 Å². The van der Waals surface area contributed by atoms with Crippen LogP contribution in [0.3, 0.4) is 0 Å². The van der Waals surface area contributed by atoms with Gasteiger partial charge in [-0.05, 0) is 44.9 Å². The zero-order chi connectivity index (χ0) is 26.1. The molecular formula is C27H28Cl2N8. The zero-order valence-corrected chi connectivity index (χ0v) is 22.3. The monoisotopic (exact) mass is 534 g/mol. The highest BCUT2D eigenvalue weighted by atomic mass is 35.5. The number of fused-ring (bicyclic) bond motifs is 1. The van der Waals surface area contributed by atoms with Gasteiger partial charge in [-0.15, -0.1) is 6.42 Å². The number of hydrogen-bond acceptors (Lipinski definition) is 7. The maximum Gasteiger partial charge on any atom is 0.225 e. The number of terminal acetylenes is 1. The van der Waals surface area contributed by atoms with Crippen molar-refractivity contribution in [3.8, 4) is 23.5 Å². The van der Waals surface area contributed by atoms with Crippen LogP contribution in [0.1, 0.15) is 29.8 Å². The summed E-state index contributed by atoms with van der Waals surface area (Å²) in [7, 11) is 0. The Morgan fingerprint density at radius 3 is 2.38 bits per heavy atom. The molecule has 4 heterocycles. The van der Waals surface area contributed by atoms with Crippen LogP contribution in [0.25, 0.3) is 16.8 Å². The summed E-state index contributed by atoms with van der Waals surface area (Å²) in [4.78, 5) is 18.3. The van der Waals surface area contributed by atoms with Crippen LogP contribution in [0, 0.1) is 26.2 Å². The average molecular weight is 535 g/mol. The lowest BCUT2D eigenvalue weighted by Crippen LogP contribution is -2.47. The van der Waals surface area contributed by atoms with Gasteiger partial charge < -0.3 is 15.5 Å². The molecule has 0 bridgehead atoms. The van der Waals surface area contributed by atoms with Crippen LogP contribution in [0.4, 0.5) is 11.8 Å². The van der Waals surface area contributed by atoms with Crippen molar-refractivity contribution in [2.24, 2.45) is 5.73 Å². The van der Waals surface area contributed by atoms with E-state index in [-0.39, 0.29) is 6.04 Å². The molecule has 0 radical (unpaired) electrons. The molecule has 1 fully saturated rings. The van der Waals surface area contributed by atoms with Crippen LogP contribution in [-0.4, -0.2) is 56.8 Å². The van der Waals surface area contributed by atoms with Crippen LogP contribution < -0.4 is 15.5 Å². The van der Waals surface area contributed by atoms with Gasteiger partial charge >= 0.3 is 0 Å². The number of aromatic nitrogens is 5. The Morgan fingerprint density at radius 1 is 1.08 bits per heavy atom. The fraction of sp³-hybridized carbons (Fsp3) is 0.333. The van der Waals surface area contributed by atoms with Crippen LogP contribution in [0.2, 0.25) is 10.0 Å². The normalized spacial score (nSPS) is 14.2. The minimum Gasteiger partial charge on any atom is -0.352 e. The summed E-state index contributed by atoms with van der Waals surface area (Å²) in [6.07, 6.45) is 11.0. The first-order valence-corrected chi connectivity index (χ1v) is 13.0. The Kier molecular flexibility index (Phi) is 7.20. The molecule has 3 aromatic heterocycles. The van der Waals surface area contributed by atoms with Crippen molar-refractivity contribution in [3.05, 3.63) is 63.7 Å². The largest absolute Gasteiger partial charge is 0.352 e. The number of aryl methyl sites for hydroxylation is 2. The average Bonchev–Trinajstić information content (AvgIpc) is 3.22. The van der Waals surface area contributed by atoms with Gasteiger partial charge in [0.05, 0.1) is 21.3 Å². The first-order valence-electron chi connectivity index (χ1n) is 12.2. The molecule has 4 aromatic rings. The third-order valence-corrected chi connectivity index (χ3v) is 7.33. The second-order valence-electron chi connectivity index (χ2n) is 9.16. The van der Waals surface area contributed by atoms with Gasteiger partial charge in [-0.2, -0.15) is 9.61 Å². The lowest BCUT2D eigenvalue weighted by molar-refractivity contribution is 0.457. The van der Waals surface area contributed by atoms with E-state index < -0.39 is 0 Å². The van der Waals surface area contributed by atoms with Crippen LogP contribution >= 0.6 is 23.2 Å². The molecule has 0 atom stereocenters. The maximum atomic E-state index is 6.67. The number of nitrogens with zero attached hydrogens (tertiary/aromatic N) is 7. The molecule has 1 aliphatic rings. The van der Waals surface area contributed by atoms with E-state index in [2.05, 4.69) is 31.8 Å². The van der Waals surface area contributed by atoms with Gasteiger partial charge in [-0.1, -0.05) is 29.1 Å². The predicted molar refractivity (Wildman–Crippen MR) is 150 cm³/mol. The quantitative estimate of drug-likeness (QED) is 0.363. The van der Waals surface area contributed by atoms with E-state index in [1.165, 1.54) is 0 Å². The number of hydrogen-bond donors (Lipinski definition) is 1. The fourth-order valence-electron chi connectivity index (χ4n) is 5.07. The molecule has 0 aliphatic carbocycles. The standard InChI is InChI=1S/C27H28Cl2N8/c1-4-19-15-21(28)25(22(29)16-19)24-18(3)34-37-23(14-17(2)33-26(24)37)36(13-8-30)20-6-11-35(12-7-20)27-31-9-5-10-32-27/h1,5,9-10,14-16,20H,6-8,11-13,30H2,2-3H3. The van der Waals surface area contributed by atoms with E-state index in [4.69, 9.17) is 45.4 Å². The molecule has 0 amide bonds. The molecule has 0 spiro atoms. The molecule has 10 heteroatoms. The highest BCUT2D eigenvalue weighted by Gasteiger charge is 2.29. The van der Waals surface area contributed by atoms with Crippen molar-refractivity contribution < 1.29 is 0 Å². The van der Waals surface area contributed by atoms with E-state index >= 15 is 0 Å². The van der Waals surface area contributed by atoms with Crippen LogP contribution in [0.5, 0.6) is 0 Å². The molecule has 2 N–H and O–H groups in total. The molecule has 190 valence electrons. The molecule has 5 rings (SSSR count).